The van der Waals surface area contributed by atoms with E-state index in [-0.39, 0.29) is 17.0 Å². The first kappa shape index (κ1) is 12.2. The number of hydrogen-bond acceptors (Lipinski definition) is 2. The molecule has 1 amide bonds. The third kappa shape index (κ3) is 2.21. The Hall–Kier alpha value is -0.260. The number of carbonyl (C=O) groups is 1. The molecule has 1 atom stereocenters. The molecule has 0 aliphatic carbocycles. The Kier molecular flexibility index (Phi) is 3.47. The Labute approximate surface area is 115 Å². The fourth-order valence-corrected chi connectivity index (χ4v) is 3.13. The van der Waals surface area contributed by atoms with E-state index in [1.54, 1.807) is 12.1 Å². The van der Waals surface area contributed by atoms with Crippen molar-refractivity contribution in [2.24, 2.45) is 0 Å². The van der Waals surface area contributed by atoms with Crippen LogP contribution in [0.2, 0.25) is 0 Å². The van der Waals surface area contributed by atoms with Gasteiger partial charge in [0.05, 0.1) is 15.5 Å². The summed E-state index contributed by atoms with van der Waals surface area (Å²) in [6, 6.07) is 3.42. The maximum absolute atomic E-state index is 11.7. The molecule has 0 radical (unpaired) electrons. The fraction of sp³-hybridized carbons (Fsp3) is 0.300. The molecule has 1 aliphatic rings. The molecule has 1 unspecified atom stereocenters. The first-order valence-corrected chi connectivity index (χ1v) is 6.63. The van der Waals surface area contributed by atoms with Crippen molar-refractivity contribution in [3.8, 4) is 5.75 Å². The molecule has 1 fully saturated rings. The predicted molar refractivity (Wildman–Crippen MR) is 70.1 cm³/mol. The van der Waals surface area contributed by atoms with Crippen LogP contribution in [0.25, 0.3) is 0 Å². The molecule has 2 rings (SSSR count). The molecule has 1 aliphatic heterocycles. The lowest BCUT2D eigenvalue weighted by molar-refractivity contribution is -0.117. The minimum absolute atomic E-state index is 0.0577. The highest BCUT2D eigenvalue weighted by Crippen LogP contribution is 2.39. The highest BCUT2D eigenvalue weighted by molar-refractivity contribution is 9.11. The second-order valence-corrected chi connectivity index (χ2v) is 5.95. The quantitative estimate of drug-likeness (QED) is 0.772. The Morgan fingerprint density at radius 1 is 1.44 bits per heavy atom. The number of phenolic OH excluding ortho intramolecular Hbond substituents is 1. The Bertz CT molecular complexity index is 453. The number of carbonyl (C=O) groups excluding carboxylic acids is 1. The van der Waals surface area contributed by atoms with Gasteiger partial charge in [0.15, 0.2) is 5.75 Å². The van der Waals surface area contributed by atoms with E-state index in [2.05, 4.69) is 31.9 Å². The molecule has 0 bridgehead atoms. The summed E-state index contributed by atoms with van der Waals surface area (Å²) in [5.74, 6) is -0.0115. The number of amides is 1. The molecular formula is C10H8Br2ClNO2. The number of hydrogen-bond donors (Lipinski definition) is 1. The standard InChI is InChI=1S/C10H8Br2ClNO2/c11-5-1-7(12)10(16)8(2-5)14-4-6(13)3-9(14)15/h1-2,6,16H,3-4H2. The first-order valence-electron chi connectivity index (χ1n) is 4.61. The largest absolute Gasteiger partial charge is 0.505 e. The molecule has 0 spiro atoms. The minimum Gasteiger partial charge on any atom is -0.505 e. The van der Waals surface area contributed by atoms with Gasteiger partial charge in [0.25, 0.3) is 0 Å². The van der Waals surface area contributed by atoms with E-state index >= 15 is 0 Å². The SMILES string of the molecule is O=C1CC(Cl)CN1c1cc(Br)cc(Br)c1O. The number of benzene rings is 1. The summed E-state index contributed by atoms with van der Waals surface area (Å²) in [5, 5.41) is 9.69. The van der Waals surface area contributed by atoms with Gasteiger partial charge in [0.1, 0.15) is 0 Å². The van der Waals surface area contributed by atoms with Gasteiger partial charge < -0.3 is 10.0 Å². The summed E-state index contributed by atoms with van der Waals surface area (Å²) in [4.78, 5) is 13.2. The van der Waals surface area contributed by atoms with Gasteiger partial charge >= 0.3 is 0 Å². The number of aromatic hydroxyl groups is 1. The summed E-state index contributed by atoms with van der Waals surface area (Å²) < 4.78 is 1.33. The summed E-state index contributed by atoms with van der Waals surface area (Å²) in [6.07, 6.45) is 0.311. The van der Waals surface area contributed by atoms with Crippen molar-refractivity contribution in [2.45, 2.75) is 11.8 Å². The molecule has 1 aromatic rings. The van der Waals surface area contributed by atoms with Crippen LogP contribution in [0.1, 0.15) is 6.42 Å². The van der Waals surface area contributed by atoms with E-state index in [4.69, 9.17) is 11.6 Å². The van der Waals surface area contributed by atoms with Gasteiger partial charge in [-0.05, 0) is 28.1 Å². The lowest BCUT2D eigenvalue weighted by Crippen LogP contribution is -2.24. The van der Waals surface area contributed by atoms with Crippen LogP contribution in [0.4, 0.5) is 5.69 Å². The van der Waals surface area contributed by atoms with Crippen molar-refractivity contribution in [1.29, 1.82) is 0 Å². The first-order chi connectivity index (χ1) is 7.49. The monoisotopic (exact) mass is 367 g/mol. The van der Waals surface area contributed by atoms with Crippen LogP contribution in [-0.2, 0) is 4.79 Å². The van der Waals surface area contributed by atoms with Crippen LogP contribution in [0, 0.1) is 0 Å². The lowest BCUT2D eigenvalue weighted by Gasteiger charge is -2.18. The third-order valence-electron chi connectivity index (χ3n) is 2.38. The number of anilines is 1. The summed E-state index contributed by atoms with van der Waals surface area (Å²) in [5.41, 5.74) is 0.481. The second kappa shape index (κ2) is 4.55. The van der Waals surface area contributed by atoms with Crippen molar-refractivity contribution in [2.75, 3.05) is 11.4 Å². The van der Waals surface area contributed by atoms with E-state index < -0.39 is 0 Å². The second-order valence-electron chi connectivity index (χ2n) is 3.56. The normalized spacial score (nSPS) is 20.6. The minimum atomic E-state index is -0.190. The van der Waals surface area contributed by atoms with Crippen molar-refractivity contribution in [3.63, 3.8) is 0 Å². The lowest BCUT2D eigenvalue weighted by atomic mass is 10.2. The Morgan fingerprint density at radius 3 is 2.69 bits per heavy atom. The zero-order valence-corrected chi connectivity index (χ0v) is 12.0. The zero-order chi connectivity index (χ0) is 11.9. The van der Waals surface area contributed by atoms with Crippen LogP contribution in [0.15, 0.2) is 21.1 Å². The van der Waals surface area contributed by atoms with E-state index in [0.29, 0.717) is 23.1 Å². The zero-order valence-electron chi connectivity index (χ0n) is 8.08. The molecule has 0 saturated carbocycles. The molecule has 0 aromatic heterocycles. The molecule has 3 nitrogen and oxygen atoms in total. The Morgan fingerprint density at radius 2 is 2.12 bits per heavy atom. The van der Waals surface area contributed by atoms with Crippen LogP contribution in [0.5, 0.6) is 5.75 Å². The smallest absolute Gasteiger partial charge is 0.228 e. The number of nitrogens with zero attached hydrogens (tertiary/aromatic N) is 1. The van der Waals surface area contributed by atoms with E-state index in [1.165, 1.54) is 4.90 Å². The van der Waals surface area contributed by atoms with Crippen molar-refractivity contribution >= 4 is 55.1 Å². The van der Waals surface area contributed by atoms with Gasteiger partial charge in [-0.1, -0.05) is 15.9 Å². The molecule has 1 N–H and O–H groups in total. The van der Waals surface area contributed by atoms with Gasteiger partial charge in [-0.2, -0.15) is 0 Å². The third-order valence-corrected chi connectivity index (χ3v) is 3.73. The van der Waals surface area contributed by atoms with Gasteiger partial charge in [0.2, 0.25) is 5.91 Å². The number of phenols is 1. The van der Waals surface area contributed by atoms with Crippen LogP contribution >= 0.6 is 43.5 Å². The maximum Gasteiger partial charge on any atom is 0.228 e. The highest BCUT2D eigenvalue weighted by atomic mass is 79.9. The summed E-state index contributed by atoms with van der Waals surface area (Å²) in [6.45, 7) is 0.427. The van der Waals surface area contributed by atoms with Gasteiger partial charge in [-0.3, -0.25) is 4.79 Å². The summed E-state index contributed by atoms with van der Waals surface area (Å²) in [7, 11) is 0. The molecule has 6 heteroatoms. The molecule has 1 saturated heterocycles. The number of halogens is 3. The Balaban J connectivity index is 2.44. The number of rotatable bonds is 1. The number of alkyl halides is 1. The van der Waals surface area contributed by atoms with Crippen molar-refractivity contribution < 1.29 is 9.90 Å². The van der Waals surface area contributed by atoms with Crippen molar-refractivity contribution in [3.05, 3.63) is 21.1 Å². The van der Waals surface area contributed by atoms with Crippen LogP contribution in [-0.4, -0.2) is 22.9 Å². The average Bonchev–Trinajstić information content (AvgIpc) is 2.51. The van der Waals surface area contributed by atoms with Gasteiger partial charge in [-0.15, -0.1) is 11.6 Å². The average molecular weight is 369 g/mol. The van der Waals surface area contributed by atoms with Gasteiger partial charge in [0, 0.05) is 17.4 Å². The molecule has 1 aromatic carbocycles. The molecular weight excluding hydrogens is 361 g/mol. The molecule has 86 valence electrons. The molecule has 1 heterocycles. The molecule has 16 heavy (non-hydrogen) atoms. The van der Waals surface area contributed by atoms with Crippen LogP contribution in [0.3, 0.4) is 0 Å². The van der Waals surface area contributed by atoms with E-state index in [0.717, 1.165) is 4.47 Å². The highest BCUT2D eigenvalue weighted by Gasteiger charge is 2.31. The van der Waals surface area contributed by atoms with Crippen LogP contribution < -0.4 is 4.90 Å². The van der Waals surface area contributed by atoms with E-state index in [9.17, 15) is 9.90 Å². The van der Waals surface area contributed by atoms with Crippen molar-refractivity contribution in [1.82, 2.24) is 0 Å². The van der Waals surface area contributed by atoms with E-state index in [1.807, 2.05) is 0 Å². The summed E-state index contributed by atoms with van der Waals surface area (Å²) >= 11 is 12.5. The predicted octanol–water partition coefficient (Wildman–Crippen LogP) is 3.26. The topological polar surface area (TPSA) is 40.5 Å². The fourth-order valence-electron chi connectivity index (χ4n) is 1.65. The maximum atomic E-state index is 11.7. The van der Waals surface area contributed by atoms with Gasteiger partial charge in [-0.25, -0.2) is 0 Å².